The van der Waals surface area contributed by atoms with Crippen molar-refractivity contribution < 1.29 is 50.4 Å². The van der Waals surface area contributed by atoms with Crippen molar-refractivity contribution in [3.63, 3.8) is 0 Å². The maximum Gasteiger partial charge on any atom is 0.339 e. The highest BCUT2D eigenvalue weighted by molar-refractivity contribution is 7.91. The van der Waals surface area contributed by atoms with Crippen LogP contribution in [-0.2, 0) is 29.8 Å². The highest BCUT2D eigenvalue weighted by Gasteiger charge is 2.37. The first-order valence-corrected chi connectivity index (χ1v) is 16.6. The fourth-order valence-electron chi connectivity index (χ4n) is 4.47. The molecule has 51 heavy (non-hydrogen) atoms. The van der Waals surface area contributed by atoms with Crippen molar-refractivity contribution in [3.05, 3.63) is 105 Å². The van der Waals surface area contributed by atoms with Crippen LogP contribution in [0.3, 0.4) is 0 Å². The fourth-order valence-corrected chi connectivity index (χ4v) is 5.80. The number of nitrogen functional groups attached to an aromatic ring is 1. The molecule has 0 aromatic heterocycles. The van der Waals surface area contributed by atoms with E-state index in [-0.39, 0.29) is 22.8 Å². The van der Waals surface area contributed by atoms with E-state index in [9.17, 15) is 50.4 Å². The molecule has 2 aliphatic rings. The van der Waals surface area contributed by atoms with E-state index < -0.39 is 86.3 Å². The number of azo groups is 1. The standard InChI is InChI=1S/C29H20N8O12S2/c30-25-24-14(11-22(50(44,45)46)26(25)35-32-17-5-8-19(9-6-17)37(42)43)12-23(51(47,48)49)27(28(24)39)36-33-16-3-1-15(2-4-16)31-34-18-7-10-21(38)20(13-18)29(40)41/h1-13,31,33H,30H2,(H,40,41)(H,44,45,46)(H,47,48,49)/b34-18-,35-32?,36-27+. The number of ketones is 2. The van der Waals surface area contributed by atoms with E-state index in [1.54, 1.807) is 0 Å². The third-order valence-electron chi connectivity index (χ3n) is 6.87. The first kappa shape index (κ1) is 35.6. The zero-order valence-electron chi connectivity index (χ0n) is 25.2. The molecular formula is C29H20N8O12S2. The molecule has 3 aromatic carbocycles. The number of carbonyl (C=O) groups is 3. The average molecular weight is 737 g/mol. The molecule has 0 unspecified atom stereocenters. The van der Waals surface area contributed by atoms with Crippen molar-refractivity contribution >= 4 is 89.4 Å². The van der Waals surface area contributed by atoms with Gasteiger partial charge in [-0.2, -0.15) is 32.2 Å². The van der Waals surface area contributed by atoms with Gasteiger partial charge in [0, 0.05) is 12.1 Å². The van der Waals surface area contributed by atoms with Crippen LogP contribution in [0.1, 0.15) is 15.9 Å². The molecule has 0 saturated carbocycles. The molecule has 0 spiro atoms. The second kappa shape index (κ2) is 13.6. The molecule has 20 nitrogen and oxygen atoms in total. The van der Waals surface area contributed by atoms with E-state index in [2.05, 4.69) is 31.3 Å². The summed E-state index contributed by atoms with van der Waals surface area (Å²) in [4.78, 5) is 44.7. The normalized spacial score (nSPS) is 16.2. The van der Waals surface area contributed by atoms with Gasteiger partial charge in [0.05, 0.1) is 38.9 Å². The monoisotopic (exact) mass is 736 g/mol. The van der Waals surface area contributed by atoms with E-state index >= 15 is 0 Å². The number of nitrogens with two attached hydrogens (primary N) is 1. The molecule has 260 valence electrons. The predicted molar refractivity (Wildman–Crippen MR) is 180 cm³/mol. The number of fused-ring (bicyclic) bond motifs is 1. The van der Waals surface area contributed by atoms with Gasteiger partial charge in [0.1, 0.15) is 21.1 Å². The second-order valence-electron chi connectivity index (χ2n) is 10.2. The van der Waals surface area contributed by atoms with E-state index in [4.69, 9.17) is 10.8 Å². The fraction of sp³-hybridized carbons (Fsp3) is 0. The molecule has 0 bridgehead atoms. The number of nitro benzene ring substituents is 1. The largest absolute Gasteiger partial charge is 0.478 e. The van der Waals surface area contributed by atoms with E-state index in [1.165, 1.54) is 42.5 Å². The summed E-state index contributed by atoms with van der Waals surface area (Å²) < 4.78 is 69.0. The lowest BCUT2D eigenvalue weighted by Crippen LogP contribution is -2.28. The van der Waals surface area contributed by atoms with Gasteiger partial charge < -0.3 is 10.8 Å². The van der Waals surface area contributed by atoms with Crippen LogP contribution >= 0.6 is 0 Å². The van der Waals surface area contributed by atoms with Crippen molar-refractivity contribution in [2.45, 2.75) is 4.90 Å². The topological polar surface area (TPSA) is 323 Å². The number of hydrazone groups is 2. The third kappa shape index (κ3) is 7.78. The minimum absolute atomic E-state index is 0.00883. The van der Waals surface area contributed by atoms with Crippen molar-refractivity contribution in [2.24, 2.45) is 20.4 Å². The maximum atomic E-state index is 13.7. The number of nitro groups is 1. The highest BCUT2D eigenvalue weighted by atomic mass is 32.2. The Morgan fingerprint density at radius 1 is 0.843 bits per heavy atom. The van der Waals surface area contributed by atoms with Crippen molar-refractivity contribution in [3.8, 4) is 0 Å². The van der Waals surface area contributed by atoms with Gasteiger partial charge in [-0.1, -0.05) is 0 Å². The van der Waals surface area contributed by atoms with Gasteiger partial charge in [-0.15, -0.1) is 5.11 Å². The summed E-state index contributed by atoms with van der Waals surface area (Å²) in [6.45, 7) is 0. The molecule has 0 atom stereocenters. The molecule has 0 heterocycles. The SMILES string of the molecule is Nc1c(N=Nc2ccc([N+](=O)[O-])cc2)c(S(=O)(=O)O)cc2c1C(=O)/C(=N/Nc1ccc(N/N=C3/C=CC(=O)C(C(=O)O)=C3)cc1)C(S(=O)(=O)O)=C2. The van der Waals surface area contributed by atoms with E-state index in [1.807, 2.05) is 0 Å². The first-order valence-electron chi connectivity index (χ1n) is 13.7. The van der Waals surface area contributed by atoms with Gasteiger partial charge in [-0.25, -0.2) is 4.79 Å². The summed E-state index contributed by atoms with van der Waals surface area (Å²) in [5.41, 5.74) is 7.96. The van der Waals surface area contributed by atoms with Gasteiger partial charge in [0.15, 0.2) is 11.5 Å². The highest BCUT2D eigenvalue weighted by Crippen LogP contribution is 2.41. The van der Waals surface area contributed by atoms with Crippen LogP contribution in [0.2, 0.25) is 0 Å². The molecule has 3 aromatic rings. The predicted octanol–water partition coefficient (Wildman–Crippen LogP) is 3.65. The van der Waals surface area contributed by atoms with Crippen LogP contribution in [0.4, 0.5) is 34.1 Å². The molecular weight excluding hydrogens is 716 g/mol. The lowest BCUT2D eigenvalue weighted by atomic mass is 9.92. The molecule has 0 aliphatic heterocycles. The van der Waals surface area contributed by atoms with Crippen LogP contribution in [0.15, 0.2) is 109 Å². The number of rotatable bonds is 10. The Morgan fingerprint density at radius 3 is 2.00 bits per heavy atom. The Labute approximate surface area is 285 Å². The van der Waals surface area contributed by atoms with Crippen LogP contribution in [0.5, 0.6) is 0 Å². The second-order valence-corrected chi connectivity index (χ2v) is 13.0. The Morgan fingerprint density at radius 2 is 1.45 bits per heavy atom. The number of carboxylic acid groups (broad SMARTS) is 1. The number of nitrogens with zero attached hydrogens (tertiary/aromatic N) is 5. The number of anilines is 3. The lowest BCUT2D eigenvalue weighted by molar-refractivity contribution is -0.384. The van der Waals surface area contributed by atoms with Gasteiger partial charge in [0.25, 0.3) is 25.9 Å². The van der Waals surface area contributed by atoms with Gasteiger partial charge in [-0.3, -0.25) is 39.7 Å². The number of nitrogens with one attached hydrogen (secondary N) is 2. The lowest BCUT2D eigenvalue weighted by Gasteiger charge is -2.20. The van der Waals surface area contributed by atoms with E-state index in [0.29, 0.717) is 17.8 Å². The molecule has 0 fully saturated rings. The smallest absolute Gasteiger partial charge is 0.339 e. The summed E-state index contributed by atoms with van der Waals surface area (Å²) in [5, 5.41) is 35.4. The molecule has 7 N–H and O–H groups in total. The number of carboxylic acids is 1. The van der Waals surface area contributed by atoms with Crippen LogP contribution in [0.25, 0.3) is 6.08 Å². The van der Waals surface area contributed by atoms with Gasteiger partial charge >= 0.3 is 5.97 Å². The van der Waals surface area contributed by atoms with Crippen molar-refractivity contribution in [1.82, 2.24) is 0 Å². The van der Waals surface area contributed by atoms with Crippen LogP contribution < -0.4 is 16.6 Å². The van der Waals surface area contributed by atoms with Crippen molar-refractivity contribution in [1.29, 1.82) is 0 Å². The molecule has 22 heteroatoms. The van der Waals surface area contributed by atoms with Gasteiger partial charge in [0.2, 0.25) is 5.78 Å². The average Bonchev–Trinajstić information content (AvgIpc) is 3.06. The molecule has 0 amide bonds. The molecule has 0 saturated heterocycles. The zero-order chi connectivity index (χ0) is 37.2. The summed E-state index contributed by atoms with van der Waals surface area (Å²) in [6, 6.07) is 10.9. The quantitative estimate of drug-likeness (QED) is 0.0329. The minimum Gasteiger partial charge on any atom is -0.478 e. The number of benzene rings is 3. The van der Waals surface area contributed by atoms with Crippen LogP contribution in [-0.4, -0.2) is 64.9 Å². The van der Waals surface area contributed by atoms with Gasteiger partial charge in [-0.05, 0) is 72.3 Å². The number of carbonyl (C=O) groups excluding carboxylic acids is 2. The number of allylic oxidation sites excluding steroid dienone is 4. The zero-order valence-corrected chi connectivity index (χ0v) is 26.8. The minimum atomic E-state index is -5.19. The summed E-state index contributed by atoms with van der Waals surface area (Å²) in [6.07, 6.45) is 4.13. The Hall–Kier alpha value is -6.75. The Bertz CT molecular complexity index is 2450. The first-order chi connectivity index (χ1) is 23.9. The number of aliphatic carboxylic acids is 1. The van der Waals surface area contributed by atoms with Crippen LogP contribution in [0, 0.1) is 10.1 Å². The number of hydrogen-bond donors (Lipinski definition) is 6. The molecule has 2 aliphatic carbocycles. The molecule has 5 rings (SSSR count). The Balaban J connectivity index is 1.47. The maximum absolute atomic E-state index is 13.7. The number of hydrogen-bond acceptors (Lipinski definition) is 16. The Kier molecular flexibility index (Phi) is 9.50. The third-order valence-corrected chi connectivity index (χ3v) is 8.60. The number of non-ortho nitro benzene ring substituents is 1. The summed E-state index contributed by atoms with van der Waals surface area (Å²) >= 11 is 0. The number of Topliss-reactive ketones (excluding diaryl/α,β-unsaturated/α-hetero) is 1. The summed E-state index contributed by atoms with van der Waals surface area (Å²) in [7, 11) is -10.3. The molecule has 0 radical (unpaired) electrons. The van der Waals surface area contributed by atoms with Crippen molar-refractivity contribution in [2.75, 3.05) is 16.6 Å². The summed E-state index contributed by atoms with van der Waals surface area (Å²) in [5.74, 6) is -3.32. The van der Waals surface area contributed by atoms with E-state index in [0.717, 1.165) is 24.3 Å².